The molecule has 10 heteroatoms. The zero-order valence-corrected chi connectivity index (χ0v) is 82.6. The lowest BCUT2D eigenvalue weighted by Crippen LogP contribution is -2.48. The molecule has 14 aromatic rings. The summed E-state index contributed by atoms with van der Waals surface area (Å²) in [5.74, 6) is 5.89. The van der Waals surface area contributed by atoms with Gasteiger partial charge in [-0.2, -0.15) is 0 Å². The summed E-state index contributed by atoms with van der Waals surface area (Å²) in [5.41, 5.74) is 16.1. The van der Waals surface area contributed by atoms with Gasteiger partial charge in [0.15, 0.2) is 0 Å². The van der Waals surface area contributed by atoms with Gasteiger partial charge in [0.25, 0.3) is 0 Å². The molecule has 5 aliphatic rings. The number of rotatable bonds is 16. The zero-order chi connectivity index (χ0) is 96.2. The number of phenols is 6. The third-order valence-electron chi connectivity index (χ3n) is 26.0. The largest absolute Gasteiger partial charge is 0.508 e. The van der Waals surface area contributed by atoms with E-state index in [2.05, 4.69) is 191 Å². The Bertz CT molecular complexity index is 5680. The average molecular weight is 1780 g/mol. The summed E-state index contributed by atoms with van der Waals surface area (Å²) in [7, 11) is 0. The van der Waals surface area contributed by atoms with Gasteiger partial charge in [0.2, 0.25) is 0 Å². The van der Waals surface area contributed by atoms with E-state index in [0.717, 1.165) is 99.6 Å². The molecule has 19 rings (SSSR count). The highest BCUT2D eigenvalue weighted by molar-refractivity contribution is 6.01. The second-order valence-corrected chi connectivity index (χ2v) is 36.2. The predicted molar refractivity (Wildman–Crippen MR) is 556 cm³/mol. The van der Waals surface area contributed by atoms with E-state index in [0.29, 0.717) is 53.5 Å². The van der Waals surface area contributed by atoms with Crippen molar-refractivity contribution in [2.75, 3.05) is 0 Å². The third kappa shape index (κ3) is 27.5. The maximum atomic E-state index is 12.2. The molecule has 4 bridgehead atoms. The highest BCUT2D eigenvalue weighted by atomic mass is 16.5. The van der Waals surface area contributed by atoms with Gasteiger partial charge in [-0.05, 0) is 339 Å². The molecule has 10 nitrogen and oxygen atoms in total. The molecule has 0 aromatic heterocycles. The fraction of sp³-hybridized carbons (Fsp3) is 0.361. The maximum Gasteiger partial charge on any atom is 0.311 e. The van der Waals surface area contributed by atoms with Gasteiger partial charge >= 0.3 is 11.9 Å². The molecule has 4 fully saturated rings. The van der Waals surface area contributed by atoms with E-state index in [1.54, 1.807) is 66.2 Å². The molecule has 6 N–H and O–H groups in total. The van der Waals surface area contributed by atoms with Crippen molar-refractivity contribution < 1.29 is 49.7 Å². The number of aryl methyl sites for hydroxylation is 3. The Morgan fingerprint density at radius 3 is 1.11 bits per heavy atom. The molecule has 698 valence electrons. The molecule has 0 spiro atoms. The molecule has 3 unspecified atom stereocenters. The molecule has 0 radical (unpaired) electrons. The minimum atomic E-state index is -0.491. The molecule has 14 aromatic carbocycles. The smallest absolute Gasteiger partial charge is 0.311 e. The summed E-state index contributed by atoms with van der Waals surface area (Å²) in [6.07, 6.45) is 16.0. The molecule has 3 atom stereocenters. The summed E-state index contributed by atoms with van der Waals surface area (Å²) < 4.78 is 11.0. The van der Waals surface area contributed by atoms with Crippen molar-refractivity contribution in [2.24, 2.45) is 29.1 Å². The van der Waals surface area contributed by atoms with E-state index in [-0.39, 0.29) is 29.4 Å². The van der Waals surface area contributed by atoms with E-state index >= 15 is 0 Å². The number of carbonyl (C=O) groups is 2. The number of ether oxygens (including phenoxy) is 2. The van der Waals surface area contributed by atoms with Crippen molar-refractivity contribution in [1.29, 1.82) is 0 Å². The Morgan fingerprint density at radius 1 is 0.379 bits per heavy atom. The minimum Gasteiger partial charge on any atom is -0.508 e. The molecule has 0 saturated heterocycles. The monoisotopic (exact) mass is 1780 g/mol. The third-order valence-corrected chi connectivity index (χ3v) is 26.0. The number of hydrogen-bond acceptors (Lipinski definition) is 10. The van der Waals surface area contributed by atoms with Crippen molar-refractivity contribution in [3.05, 3.63) is 358 Å². The lowest BCUT2D eigenvalue weighted by molar-refractivity contribution is -0.155. The van der Waals surface area contributed by atoms with E-state index < -0.39 is 10.8 Å². The fourth-order valence-corrected chi connectivity index (χ4v) is 18.3. The maximum absolute atomic E-state index is 12.2. The fourth-order valence-electron chi connectivity index (χ4n) is 18.3. The van der Waals surface area contributed by atoms with Crippen LogP contribution in [0.4, 0.5) is 0 Å². The molecule has 5 aliphatic carbocycles. The number of phenolic OH excluding ortho intramolecular Hbond substituents is 6. The Kier molecular flexibility index (Phi) is 41.1. The first-order valence-electron chi connectivity index (χ1n) is 48.7. The molecule has 0 aliphatic heterocycles. The zero-order valence-electron chi connectivity index (χ0n) is 82.6. The lowest BCUT2D eigenvalue weighted by atomic mass is 9.48. The van der Waals surface area contributed by atoms with Gasteiger partial charge in [-0.25, -0.2) is 0 Å². The van der Waals surface area contributed by atoms with E-state index in [1.807, 2.05) is 178 Å². The number of hydrogen-bond donors (Lipinski definition) is 6. The van der Waals surface area contributed by atoms with Gasteiger partial charge in [0.05, 0.1) is 16.7 Å². The molecule has 0 amide bonds. The van der Waals surface area contributed by atoms with Crippen molar-refractivity contribution in [2.45, 2.75) is 258 Å². The first-order valence-corrected chi connectivity index (χ1v) is 48.7. The number of benzene rings is 14. The van der Waals surface area contributed by atoms with Crippen LogP contribution in [0.15, 0.2) is 291 Å². The highest BCUT2D eigenvalue weighted by Crippen LogP contribution is 2.62. The second kappa shape index (κ2) is 51.6. The predicted octanol–water partition coefficient (Wildman–Crippen LogP) is 33.1. The van der Waals surface area contributed by atoms with Crippen molar-refractivity contribution in [1.82, 2.24) is 0 Å². The van der Waals surface area contributed by atoms with Gasteiger partial charge in [-0.1, -0.05) is 330 Å². The normalized spacial score (nSPS) is 15.8. The van der Waals surface area contributed by atoms with Crippen LogP contribution in [-0.2, 0) is 49.5 Å². The Morgan fingerprint density at radius 2 is 0.742 bits per heavy atom. The molecule has 0 heterocycles. The second-order valence-electron chi connectivity index (χ2n) is 36.2. The van der Waals surface area contributed by atoms with Gasteiger partial charge < -0.3 is 40.1 Å². The standard InChI is InChI=1S/C25H18O2.C21H22O2.C20H20O2.C19H26O.2C10H14O.C7H8O.2C3H8.2C2H6/c26-19-13-9-17(10-14-19)25(18-11-15-20(27)16-12-18)23-7-3-1-5-21(23)22-6-2-4-8-24(22)25;1-4-21(2,3)20(22)23-14-18-11-7-10-17-12-15-8-5-6-9-16(15)13-19(17)18;1-3-14(2)20(21)22-13-18-10-6-9-17-11-15-7-4-5-8-16(15)12-19(17)18;1-3-16-8-17(4-12(2)18(16)20)19-9-13-5-14(10-19)7-15(6-13)11-19;2*1-3-8(2)9-4-6-10(11)7-5-9;1-6-3-2-4-7(8)5-6;2*1-3-2;2*1-2/h1-16,26-27H;5-13H,4,14H2,1-3H3;4-12,14H,3,13H2,1-2H3;4,8,13-15,20H,3,5-7,9-11H2,1-2H3;2*4-8,11H,3H2,1-2H3;2-5,8H,1H3;2*3H2,1-2H3;2*1-2H3. The number of fused-ring (bicyclic) bond motifs is 7. The summed E-state index contributed by atoms with van der Waals surface area (Å²) in [6.45, 7) is 41.8. The molecular weight excluding hydrogens is 1630 g/mol. The van der Waals surface area contributed by atoms with Crippen LogP contribution in [0.25, 0.3) is 54.2 Å². The van der Waals surface area contributed by atoms with Crippen LogP contribution in [0.1, 0.15) is 280 Å². The van der Waals surface area contributed by atoms with Crippen molar-refractivity contribution >= 4 is 55.0 Å². The van der Waals surface area contributed by atoms with Crippen LogP contribution in [-0.4, -0.2) is 42.6 Å². The molecule has 132 heavy (non-hydrogen) atoms. The Balaban J connectivity index is 0.000000192. The Labute approximate surface area is 790 Å². The lowest BCUT2D eigenvalue weighted by Gasteiger charge is -2.57. The molecular formula is C122H150O10. The van der Waals surface area contributed by atoms with Crippen LogP contribution in [0.2, 0.25) is 0 Å². The highest BCUT2D eigenvalue weighted by Gasteiger charge is 2.52. The SMILES string of the molecule is CC.CC.CCC.CCC.CCC(C)(C)C(=O)OCc1cccc2cc3ccccc3cc12.CCC(C)C(=O)OCc1cccc2cc3ccccc3cc12.CCC(C)c1ccc(O)cc1.CCC(C)c1ccc(O)cc1.CCc1cc(C23CC4CC(CC(C4)C2)C3)cc(C)c1O.Cc1cccc(O)c1.Oc1ccc(C2(c3ccc(O)cc3)c3ccccc3-c3ccccc32)cc1. The van der Waals surface area contributed by atoms with E-state index in [9.17, 15) is 24.9 Å². The van der Waals surface area contributed by atoms with Crippen LogP contribution < -0.4 is 0 Å². The Hall–Kier alpha value is -12.1. The topological polar surface area (TPSA) is 174 Å². The van der Waals surface area contributed by atoms with Gasteiger partial charge in [-0.3, -0.25) is 9.59 Å². The van der Waals surface area contributed by atoms with E-state index in [4.69, 9.17) is 24.8 Å². The van der Waals surface area contributed by atoms with Gasteiger partial charge in [0.1, 0.15) is 47.7 Å². The van der Waals surface area contributed by atoms with Crippen LogP contribution >= 0.6 is 0 Å². The summed E-state index contributed by atoms with van der Waals surface area (Å²) >= 11 is 0. The van der Waals surface area contributed by atoms with Gasteiger partial charge in [-0.15, -0.1) is 0 Å². The average Bonchev–Trinajstić information content (AvgIpc) is 1.48. The summed E-state index contributed by atoms with van der Waals surface area (Å²) in [6, 6.07) is 96.1. The van der Waals surface area contributed by atoms with Crippen LogP contribution in [0.5, 0.6) is 34.5 Å². The van der Waals surface area contributed by atoms with Gasteiger partial charge in [0, 0.05) is 0 Å². The number of carbonyl (C=O) groups excluding carboxylic acids is 2. The number of esters is 2. The molecule has 4 saturated carbocycles. The minimum absolute atomic E-state index is 0.0455. The quantitative estimate of drug-likeness (QED) is 0.0404. The van der Waals surface area contributed by atoms with Crippen molar-refractivity contribution in [3.63, 3.8) is 0 Å². The first kappa shape index (κ1) is 105. The van der Waals surface area contributed by atoms with E-state index in [1.165, 1.54) is 117 Å². The van der Waals surface area contributed by atoms with Crippen molar-refractivity contribution in [3.8, 4) is 45.6 Å². The summed E-state index contributed by atoms with van der Waals surface area (Å²) in [5, 5.41) is 66.2. The van der Waals surface area contributed by atoms with Crippen LogP contribution in [0, 0.1) is 42.9 Å². The summed E-state index contributed by atoms with van der Waals surface area (Å²) in [4.78, 5) is 24.1. The van der Waals surface area contributed by atoms with Crippen LogP contribution in [0.3, 0.4) is 0 Å². The number of aromatic hydroxyl groups is 6. The first-order chi connectivity index (χ1) is 63.6.